The number of ketones is 1. The van der Waals surface area contributed by atoms with Gasteiger partial charge in [-0.2, -0.15) is 0 Å². The lowest BCUT2D eigenvalue weighted by Crippen LogP contribution is -2.40. The number of methoxy groups -OCH3 is 1. The van der Waals surface area contributed by atoms with Gasteiger partial charge >= 0.3 is 0 Å². The predicted molar refractivity (Wildman–Crippen MR) is 122 cm³/mol. The Morgan fingerprint density at radius 1 is 1.03 bits per heavy atom. The Morgan fingerprint density at radius 2 is 1.75 bits per heavy atom. The monoisotopic (exact) mass is 475 g/mol. The van der Waals surface area contributed by atoms with Crippen LogP contribution in [-0.2, 0) is 9.59 Å². The van der Waals surface area contributed by atoms with Gasteiger partial charge in [-0.25, -0.2) is 0 Å². The van der Waals surface area contributed by atoms with Crippen LogP contribution in [0.4, 0.5) is 0 Å². The molecular formula is C24H23Cl2NO5. The van der Waals surface area contributed by atoms with Crippen molar-refractivity contribution in [1.82, 2.24) is 4.90 Å². The van der Waals surface area contributed by atoms with Crippen LogP contribution in [0.3, 0.4) is 0 Å². The standard InChI is InChI=1S/C24H23Cl2NO5/c1-32-19-12-14(7-9-16(19)25)22(29)20-21(13-8-10-18(28)17(26)11-13)27(24(31)23(20)30)15-5-3-2-4-6-15/h7-12,15,21,28-29H,2-6H2,1H3/b22-20-. The van der Waals surface area contributed by atoms with Crippen LogP contribution in [0, 0.1) is 0 Å². The number of amides is 1. The van der Waals surface area contributed by atoms with E-state index in [2.05, 4.69) is 0 Å². The zero-order valence-electron chi connectivity index (χ0n) is 17.5. The Kier molecular flexibility index (Phi) is 6.35. The van der Waals surface area contributed by atoms with E-state index in [4.69, 9.17) is 27.9 Å². The molecule has 1 aliphatic carbocycles. The summed E-state index contributed by atoms with van der Waals surface area (Å²) in [6, 6.07) is 8.26. The maximum atomic E-state index is 13.2. The van der Waals surface area contributed by atoms with Crippen molar-refractivity contribution in [3.8, 4) is 11.5 Å². The number of ether oxygens (including phenoxy) is 1. The molecule has 1 heterocycles. The van der Waals surface area contributed by atoms with Crippen molar-refractivity contribution < 1.29 is 24.5 Å². The maximum Gasteiger partial charge on any atom is 0.295 e. The molecule has 2 aromatic carbocycles. The van der Waals surface area contributed by atoms with Gasteiger partial charge in [0, 0.05) is 11.6 Å². The van der Waals surface area contributed by atoms with E-state index in [1.165, 1.54) is 25.3 Å². The molecule has 0 aromatic heterocycles. The quantitative estimate of drug-likeness (QED) is 0.348. The summed E-state index contributed by atoms with van der Waals surface area (Å²) in [5, 5.41) is 21.5. The van der Waals surface area contributed by atoms with Crippen LogP contribution in [0.1, 0.15) is 49.3 Å². The van der Waals surface area contributed by atoms with Gasteiger partial charge < -0.3 is 19.8 Å². The van der Waals surface area contributed by atoms with Crippen molar-refractivity contribution in [3.63, 3.8) is 0 Å². The molecule has 32 heavy (non-hydrogen) atoms. The van der Waals surface area contributed by atoms with Gasteiger partial charge in [-0.05, 0) is 48.7 Å². The number of phenolic OH excluding ortho intramolecular Hbond substituents is 1. The van der Waals surface area contributed by atoms with Gasteiger partial charge in [-0.1, -0.05) is 48.5 Å². The van der Waals surface area contributed by atoms with Crippen LogP contribution in [0.15, 0.2) is 42.0 Å². The summed E-state index contributed by atoms with van der Waals surface area (Å²) in [6.45, 7) is 0. The molecule has 168 valence electrons. The molecule has 0 radical (unpaired) electrons. The number of Topliss-reactive ketones (excluding diaryl/α,β-unsaturated/α-hetero) is 1. The minimum absolute atomic E-state index is 0.0216. The molecule has 8 heteroatoms. The largest absolute Gasteiger partial charge is 0.507 e. The number of hydrogen-bond donors (Lipinski definition) is 2. The lowest BCUT2D eigenvalue weighted by molar-refractivity contribution is -0.141. The zero-order chi connectivity index (χ0) is 23.0. The van der Waals surface area contributed by atoms with Crippen LogP contribution < -0.4 is 4.74 Å². The lowest BCUT2D eigenvalue weighted by Gasteiger charge is -2.35. The number of phenols is 1. The smallest absolute Gasteiger partial charge is 0.295 e. The average molecular weight is 476 g/mol. The summed E-state index contributed by atoms with van der Waals surface area (Å²) in [4.78, 5) is 27.9. The van der Waals surface area contributed by atoms with E-state index in [9.17, 15) is 19.8 Å². The molecule has 1 unspecified atom stereocenters. The molecule has 6 nitrogen and oxygen atoms in total. The number of likely N-dealkylation sites (tertiary alicyclic amines) is 1. The summed E-state index contributed by atoms with van der Waals surface area (Å²) >= 11 is 12.3. The Morgan fingerprint density at radius 3 is 2.41 bits per heavy atom. The number of hydrogen-bond acceptors (Lipinski definition) is 5. The second-order valence-corrected chi connectivity index (χ2v) is 8.87. The first-order chi connectivity index (χ1) is 15.3. The third kappa shape index (κ3) is 3.93. The van der Waals surface area contributed by atoms with Crippen molar-refractivity contribution in [2.24, 2.45) is 0 Å². The van der Waals surface area contributed by atoms with E-state index in [1.54, 1.807) is 23.1 Å². The summed E-state index contributed by atoms with van der Waals surface area (Å²) in [6.07, 6.45) is 4.57. The van der Waals surface area contributed by atoms with Gasteiger partial charge in [0.1, 0.15) is 17.3 Å². The summed E-state index contributed by atoms with van der Waals surface area (Å²) in [5.74, 6) is -1.48. The number of aliphatic hydroxyl groups is 1. The van der Waals surface area contributed by atoms with Crippen molar-refractivity contribution in [2.75, 3.05) is 7.11 Å². The highest BCUT2D eigenvalue weighted by atomic mass is 35.5. The minimum atomic E-state index is -0.821. The highest BCUT2D eigenvalue weighted by Gasteiger charge is 2.49. The number of rotatable bonds is 4. The SMILES string of the molecule is COc1cc(/C(O)=C2/C(=O)C(=O)N(C3CCCCC3)C2c2ccc(O)c(Cl)c2)ccc1Cl. The first-order valence-corrected chi connectivity index (χ1v) is 11.2. The Labute approximate surface area is 196 Å². The third-order valence-electron chi connectivity index (χ3n) is 6.16. The molecule has 1 aliphatic heterocycles. The van der Waals surface area contributed by atoms with E-state index < -0.39 is 17.7 Å². The molecule has 1 atom stereocenters. The fourth-order valence-corrected chi connectivity index (χ4v) is 4.95. The van der Waals surface area contributed by atoms with Crippen molar-refractivity contribution in [2.45, 2.75) is 44.2 Å². The van der Waals surface area contributed by atoms with Gasteiger partial charge in [-0.3, -0.25) is 9.59 Å². The summed E-state index contributed by atoms with van der Waals surface area (Å²) < 4.78 is 5.23. The van der Waals surface area contributed by atoms with Gasteiger partial charge in [0.15, 0.2) is 0 Å². The molecule has 2 N–H and O–H groups in total. The van der Waals surface area contributed by atoms with Crippen LogP contribution >= 0.6 is 23.2 Å². The van der Waals surface area contributed by atoms with Gasteiger partial charge in [0.25, 0.3) is 11.7 Å². The molecule has 2 aromatic rings. The second kappa shape index (κ2) is 9.04. The lowest BCUT2D eigenvalue weighted by atomic mass is 9.91. The zero-order valence-corrected chi connectivity index (χ0v) is 19.0. The van der Waals surface area contributed by atoms with Crippen molar-refractivity contribution >= 4 is 40.7 Å². The Hall–Kier alpha value is -2.70. The summed E-state index contributed by atoms with van der Waals surface area (Å²) in [5.41, 5.74) is 0.828. The highest BCUT2D eigenvalue weighted by Crippen LogP contribution is 2.44. The number of carbonyl (C=O) groups is 2. The fraction of sp³-hybridized carbons (Fsp3) is 0.333. The molecule has 0 bridgehead atoms. The maximum absolute atomic E-state index is 13.2. The van der Waals surface area contributed by atoms with Crippen LogP contribution in [0.25, 0.3) is 5.76 Å². The molecule has 1 saturated carbocycles. The first kappa shape index (κ1) is 22.5. The van der Waals surface area contributed by atoms with Gasteiger partial charge in [0.2, 0.25) is 0 Å². The fourth-order valence-electron chi connectivity index (χ4n) is 4.57. The van der Waals surface area contributed by atoms with Crippen LogP contribution in [-0.4, -0.2) is 40.0 Å². The number of halogens is 2. The number of aromatic hydroxyl groups is 1. The number of aliphatic hydroxyl groups excluding tert-OH is 1. The third-order valence-corrected chi connectivity index (χ3v) is 6.78. The van der Waals surface area contributed by atoms with E-state index in [1.807, 2.05) is 0 Å². The van der Waals surface area contributed by atoms with Gasteiger partial charge in [0.05, 0.1) is 28.8 Å². The first-order valence-electron chi connectivity index (χ1n) is 10.5. The van der Waals surface area contributed by atoms with Crippen LogP contribution in [0.2, 0.25) is 10.0 Å². The molecule has 2 aliphatic rings. The topological polar surface area (TPSA) is 87.1 Å². The second-order valence-electron chi connectivity index (χ2n) is 8.06. The molecule has 0 spiro atoms. The summed E-state index contributed by atoms with van der Waals surface area (Å²) in [7, 11) is 1.45. The predicted octanol–water partition coefficient (Wildman–Crippen LogP) is 5.46. The van der Waals surface area contributed by atoms with Crippen molar-refractivity contribution in [1.29, 1.82) is 0 Å². The molecule has 4 rings (SSSR count). The molecular weight excluding hydrogens is 453 g/mol. The Bertz CT molecular complexity index is 1110. The van der Waals surface area contributed by atoms with E-state index in [-0.39, 0.29) is 28.1 Å². The van der Waals surface area contributed by atoms with Crippen molar-refractivity contribution in [3.05, 3.63) is 63.1 Å². The number of benzene rings is 2. The molecule has 1 saturated heterocycles. The molecule has 2 fully saturated rings. The number of carbonyl (C=O) groups excluding carboxylic acids is 2. The van der Waals surface area contributed by atoms with Gasteiger partial charge in [-0.15, -0.1) is 0 Å². The Balaban J connectivity index is 1.90. The van der Waals surface area contributed by atoms with E-state index in [0.717, 1.165) is 32.1 Å². The minimum Gasteiger partial charge on any atom is -0.507 e. The number of nitrogens with zero attached hydrogens (tertiary/aromatic N) is 1. The molecule has 1 amide bonds. The van der Waals surface area contributed by atoms with E-state index >= 15 is 0 Å². The van der Waals surface area contributed by atoms with Crippen LogP contribution in [0.5, 0.6) is 11.5 Å². The average Bonchev–Trinajstić information content (AvgIpc) is 3.06. The van der Waals surface area contributed by atoms with E-state index in [0.29, 0.717) is 21.9 Å². The normalized spacial score (nSPS) is 21.2. The highest BCUT2D eigenvalue weighted by molar-refractivity contribution is 6.46.